The number of hydrogen-bond acceptors (Lipinski definition) is 2. The molecule has 0 spiro atoms. The Hall–Kier alpha value is -1.61. The molecule has 0 radical (unpaired) electrons. The molecule has 0 bridgehead atoms. The molecule has 0 aliphatic carbocycles. The molecule has 1 aromatic heterocycles. The zero-order valence-corrected chi connectivity index (χ0v) is 8.20. The highest BCUT2D eigenvalue weighted by atomic mass is 35.5. The first kappa shape index (κ1) is 10.5. The van der Waals surface area contributed by atoms with Crippen LogP contribution in [0.15, 0.2) is 42.0 Å². The fourth-order valence-electron chi connectivity index (χ4n) is 1.21. The van der Waals surface area contributed by atoms with Crippen molar-refractivity contribution in [3.8, 4) is 0 Å². The van der Waals surface area contributed by atoms with Gasteiger partial charge in [0.2, 0.25) is 0 Å². The van der Waals surface area contributed by atoms with Gasteiger partial charge in [-0.2, -0.15) is 0 Å². The lowest BCUT2D eigenvalue weighted by molar-refractivity contribution is 1.02. The number of nitrogens with zero attached hydrogens (tertiary/aromatic N) is 2. The molecule has 0 fully saturated rings. The summed E-state index contributed by atoms with van der Waals surface area (Å²) >= 11 is 0. The molecule has 4 heteroatoms. The Morgan fingerprint density at radius 3 is 2.79 bits per heavy atom. The molecule has 0 amide bonds. The molecule has 14 heavy (non-hydrogen) atoms. The van der Waals surface area contributed by atoms with E-state index in [0.717, 1.165) is 0 Å². The Kier molecular flexibility index (Phi) is 3.04. The van der Waals surface area contributed by atoms with E-state index in [-0.39, 0.29) is 18.0 Å². The van der Waals surface area contributed by atoms with Crippen LogP contribution in [0.2, 0.25) is 0 Å². The molecular weight excluding hydrogens is 200 g/mol. The van der Waals surface area contributed by atoms with Crippen LogP contribution in [0, 0.1) is 0 Å². The topological polar surface area (TPSA) is 34.9 Å². The number of halogens is 1. The van der Waals surface area contributed by atoms with Crippen LogP contribution in [0.1, 0.15) is 0 Å². The quantitative estimate of drug-likeness (QED) is 0.718. The van der Waals surface area contributed by atoms with Gasteiger partial charge in [0.25, 0.3) is 5.56 Å². The molecule has 1 aromatic carbocycles. The van der Waals surface area contributed by atoms with E-state index < -0.39 is 0 Å². The maximum Gasteiger partial charge on any atom is 0.265 e. The van der Waals surface area contributed by atoms with Crippen molar-refractivity contribution in [3.05, 3.63) is 47.5 Å². The lowest BCUT2D eigenvalue weighted by atomic mass is 10.2. The highest BCUT2D eigenvalue weighted by Gasteiger charge is 1.99. The molecule has 0 aliphatic rings. The number of benzene rings is 1. The van der Waals surface area contributed by atoms with E-state index in [2.05, 4.69) is 11.6 Å². The Morgan fingerprint density at radius 2 is 2.07 bits per heavy atom. The Morgan fingerprint density at radius 1 is 1.36 bits per heavy atom. The van der Waals surface area contributed by atoms with E-state index in [1.807, 2.05) is 18.2 Å². The number of rotatable bonds is 1. The first-order chi connectivity index (χ1) is 6.33. The predicted octanol–water partition coefficient (Wildman–Crippen LogP) is 1.92. The van der Waals surface area contributed by atoms with Crippen molar-refractivity contribution in [1.29, 1.82) is 0 Å². The number of fused-ring (bicyclic) bond motifs is 1. The van der Waals surface area contributed by atoms with Crippen LogP contribution in [-0.2, 0) is 0 Å². The molecular formula is C10H9ClN2O. The average molecular weight is 209 g/mol. The summed E-state index contributed by atoms with van der Waals surface area (Å²) in [7, 11) is 0. The second kappa shape index (κ2) is 4.07. The maximum atomic E-state index is 11.6. The number of hydrogen-bond donors (Lipinski definition) is 0. The standard InChI is InChI=1S/C10H8N2O.ClH/c1-2-12-7-11-9-6-4-3-5-8(9)10(12)13;/h2-7H,1H2;1H. The minimum atomic E-state index is -0.0828. The predicted molar refractivity (Wildman–Crippen MR) is 59.6 cm³/mol. The van der Waals surface area contributed by atoms with Gasteiger partial charge in [-0.05, 0) is 12.1 Å². The molecule has 72 valence electrons. The first-order valence-corrected chi connectivity index (χ1v) is 3.91. The minimum Gasteiger partial charge on any atom is -0.274 e. The van der Waals surface area contributed by atoms with E-state index in [1.165, 1.54) is 17.1 Å². The van der Waals surface area contributed by atoms with Gasteiger partial charge in [-0.3, -0.25) is 9.36 Å². The van der Waals surface area contributed by atoms with Crippen LogP contribution < -0.4 is 5.56 Å². The molecule has 0 saturated heterocycles. The molecule has 0 saturated carbocycles. The van der Waals surface area contributed by atoms with E-state index in [4.69, 9.17) is 0 Å². The lowest BCUT2D eigenvalue weighted by Gasteiger charge is -1.98. The molecule has 0 N–H and O–H groups in total. The SMILES string of the molecule is C=Cn1cnc2ccccc2c1=O.Cl. The van der Waals surface area contributed by atoms with Gasteiger partial charge in [0.1, 0.15) is 6.33 Å². The summed E-state index contributed by atoms with van der Waals surface area (Å²) in [5.74, 6) is 0. The van der Waals surface area contributed by atoms with Gasteiger partial charge < -0.3 is 0 Å². The largest absolute Gasteiger partial charge is 0.274 e. The van der Waals surface area contributed by atoms with Crippen molar-refractivity contribution < 1.29 is 0 Å². The van der Waals surface area contributed by atoms with Crippen molar-refractivity contribution in [2.24, 2.45) is 0 Å². The second-order valence-electron chi connectivity index (χ2n) is 2.66. The van der Waals surface area contributed by atoms with Gasteiger partial charge in [0, 0.05) is 6.20 Å². The molecule has 1 heterocycles. The molecule has 2 rings (SSSR count). The highest BCUT2D eigenvalue weighted by Crippen LogP contribution is 2.04. The van der Waals surface area contributed by atoms with Crippen molar-refractivity contribution in [2.75, 3.05) is 0 Å². The van der Waals surface area contributed by atoms with E-state index in [0.29, 0.717) is 10.9 Å². The van der Waals surface area contributed by atoms with Gasteiger partial charge in [-0.25, -0.2) is 4.98 Å². The van der Waals surface area contributed by atoms with Crippen LogP contribution in [0.25, 0.3) is 17.1 Å². The molecule has 2 aromatic rings. The first-order valence-electron chi connectivity index (χ1n) is 3.91. The smallest absolute Gasteiger partial charge is 0.265 e. The Balaban J connectivity index is 0.000000980. The zero-order valence-electron chi connectivity index (χ0n) is 7.38. The molecule has 0 atom stereocenters. The van der Waals surface area contributed by atoms with Gasteiger partial charge in [0.05, 0.1) is 10.9 Å². The Bertz CT molecular complexity index is 519. The molecule has 0 aliphatic heterocycles. The van der Waals surface area contributed by atoms with Crippen LogP contribution in [-0.4, -0.2) is 9.55 Å². The number of aromatic nitrogens is 2. The summed E-state index contributed by atoms with van der Waals surface area (Å²) in [6, 6.07) is 7.24. The van der Waals surface area contributed by atoms with Crippen LogP contribution in [0.3, 0.4) is 0 Å². The van der Waals surface area contributed by atoms with Crippen molar-refractivity contribution in [1.82, 2.24) is 9.55 Å². The normalized spacial score (nSPS) is 9.43. The summed E-state index contributed by atoms with van der Waals surface area (Å²) in [4.78, 5) is 15.7. The van der Waals surface area contributed by atoms with Crippen LogP contribution >= 0.6 is 12.4 Å². The third-order valence-corrected chi connectivity index (χ3v) is 1.89. The van der Waals surface area contributed by atoms with Gasteiger partial charge in [-0.1, -0.05) is 18.7 Å². The van der Waals surface area contributed by atoms with Crippen LogP contribution in [0.5, 0.6) is 0 Å². The monoisotopic (exact) mass is 208 g/mol. The van der Waals surface area contributed by atoms with E-state index >= 15 is 0 Å². The van der Waals surface area contributed by atoms with Gasteiger partial charge in [-0.15, -0.1) is 12.4 Å². The van der Waals surface area contributed by atoms with E-state index in [9.17, 15) is 4.79 Å². The van der Waals surface area contributed by atoms with E-state index in [1.54, 1.807) is 6.07 Å². The van der Waals surface area contributed by atoms with Crippen molar-refractivity contribution in [3.63, 3.8) is 0 Å². The van der Waals surface area contributed by atoms with Crippen LogP contribution in [0.4, 0.5) is 0 Å². The summed E-state index contributed by atoms with van der Waals surface area (Å²) in [6.45, 7) is 3.52. The maximum absolute atomic E-state index is 11.6. The number of para-hydroxylation sites is 1. The Labute approximate surface area is 87.1 Å². The van der Waals surface area contributed by atoms with Crippen molar-refractivity contribution >= 4 is 29.5 Å². The summed E-state index contributed by atoms with van der Waals surface area (Å²) in [6.07, 6.45) is 2.92. The van der Waals surface area contributed by atoms with Crippen molar-refractivity contribution in [2.45, 2.75) is 0 Å². The van der Waals surface area contributed by atoms with Gasteiger partial charge >= 0.3 is 0 Å². The summed E-state index contributed by atoms with van der Waals surface area (Å²) in [5.41, 5.74) is 0.631. The second-order valence-corrected chi connectivity index (χ2v) is 2.66. The molecule has 0 unspecified atom stereocenters. The average Bonchev–Trinajstić information content (AvgIpc) is 2.19. The zero-order chi connectivity index (χ0) is 9.26. The summed E-state index contributed by atoms with van der Waals surface area (Å²) < 4.78 is 1.36. The lowest BCUT2D eigenvalue weighted by Crippen LogP contribution is -2.15. The fraction of sp³-hybridized carbons (Fsp3) is 0. The summed E-state index contributed by atoms with van der Waals surface area (Å²) in [5, 5.41) is 0.616. The minimum absolute atomic E-state index is 0. The third-order valence-electron chi connectivity index (χ3n) is 1.89. The highest BCUT2D eigenvalue weighted by molar-refractivity contribution is 5.85. The molecule has 3 nitrogen and oxygen atoms in total. The third kappa shape index (κ3) is 1.54. The van der Waals surface area contributed by atoms with Gasteiger partial charge in [0.15, 0.2) is 0 Å². The fourth-order valence-corrected chi connectivity index (χ4v) is 1.21.